The predicted octanol–water partition coefficient (Wildman–Crippen LogP) is 4.65. The van der Waals surface area contributed by atoms with Gasteiger partial charge in [-0.15, -0.1) is 12.4 Å². The Morgan fingerprint density at radius 3 is 2.12 bits per heavy atom. The largest absolute Gasteiger partial charge is 0.378 e. The Kier molecular flexibility index (Phi) is 10.2. The van der Waals surface area contributed by atoms with Gasteiger partial charge >= 0.3 is 0 Å². The maximum absolute atomic E-state index is 11.9. The zero-order valence-corrected chi connectivity index (χ0v) is 17.3. The van der Waals surface area contributed by atoms with Crippen LogP contribution >= 0.6 is 24.2 Å². The Hall–Kier alpha value is -1.69. The Labute approximate surface area is 167 Å². The van der Waals surface area contributed by atoms with Gasteiger partial charge in [0.15, 0.2) is 0 Å². The van der Waals surface area contributed by atoms with Crippen molar-refractivity contribution in [2.75, 3.05) is 37.4 Å². The fraction of sp³-hybridized carbons (Fsp3) is 0.350. The van der Waals surface area contributed by atoms with Crippen molar-refractivity contribution in [1.82, 2.24) is 5.32 Å². The van der Waals surface area contributed by atoms with E-state index in [-0.39, 0.29) is 18.3 Å². The van der Waals surface area contributed by atoms with Crippen LogP contribution in [0.15, 0.2) is 58.3 Å². The average molecular weight is 394 g/mol. The van der Waals surface area contributed by atoms with E-state index in [9.17, 15) is 4.79 Å². The van der Waals surface area contributed by atoms with E-state index in [2.05, 4.69) is 46.7 Å². The van der Waals surface area contributed by atoms with E-state index in [0.29, 0.717) is 6.54 Å². The molecule has 1 amide bonds. The second-order valence-corrected chi connectivity index (χ2v) is 7.24. The number of carbonyl (C=O) groups is 1. The fourth-order valence-electron chi connectivity index (χ4n) is 2.26. The lowest BCUT2D eigenvalue weighted by atomic mass is 10.3. The number of carbonyl (C=O) groups excluding carboxylic acids is 1. The molecule has 0 heterocycles. The molecule has 0 spiro atoms. The Morgan fingerprint density at radius 2 is 1.58 bits per heavy atom. The summed E-state index contributed by atoms with van der Waals surface area (Å²) < 4.78 is 0. The van der Waals surface area contributed by atoms with Crippen molar-refractivity contribution in [2.45, 2.75) is 29.6 Å². The van der Waals surface area contributed by atoms with Gasteiger partial charge in [-0.3, -0.25) is 4.79 Å². The molecule has 0 saturated carbocycles. The molecule has 0 unspecified atom stereocenters. The minimum absolute atomic E-state index is 0. The number of hydrogen-bond acceptors (Lipinski definition) is 4. The summed E-state index contributed by atoms with van der Waals surface area (Å²) >= 11 is 1.71. The third-order valence-electron chi connectivity index (χ3n) is 3.72. The van der Waals surface area contributed by atoms with Crippen molar-refractivity contribution in [2.24, 2.45) is 0 Å². The molecule has 2 rings (SSSR count). The number of halogens is 1. The van der Waals surface area contributed by atoms with Gasteiger partial charge in [-0.05, 0) is 61.5 Å². The normalized spacial score (nSPS) is 10.1. The van der Waals surface area contributed by atoms with Gasteiger partial charge in [-0.2, -0.15) is 0 Å². The van der Waals surface area contributed by atoms with Gasteiger partial charge in [0.25, 0.3) is 0 Å². The van der Waals surface area contributed by atoms with E-state index in [1.165, 1.54) is 10.6 Å². The van der Waals surface area contributed by atoms with Crippen LogP contribution in [0, 0.1) is 0 Å². The molecule has 0 fully saturated rings. The summed E-state index contributed by atoms with van der Waals surface area (Å²) in [4.78, 5) is 16.3. The molecule has 6 heteroatoms. The van der Waals surface area contributed by atoms with Crippen molar-refractivity contribution >= 4 is 41.5 Å². The topological polar surface area (TPSA) is 44.4 Å². The van der Waals surface area contributed by atoms with Gasteiger partial charge in [-0.1, -0.05) is 25.1 Å². The minimum Gasteiger partial charge on any atom is -0.378 e. The van der Waals surface area contributed by atoms with E-state index in [4.69, 9.17) is 0 Å². The Bertz CT molecular complexity index is 660. The third-order valence-corrected chi connectivity index (χ3v) is 4.74. The molecule has 0 atom stereocenters. The molecule has 2 aromatic carbocycles. The highest BCUT2D eigenvalue weighted by atomic mass is 35.5. The molecule has 4 nitrogen and oxygen atoms in total. The molecule has 0 aliphatic rings. The van der Waals surface area contributed by atoms with Crippen molar-refractivity contribution in [3.05, 3.63) is 48.5 Å². The number of unbranched alkanes of at least 4 members (excludes halogenated alkanes) is 1. The fourth-order valence-corrected chi connectivity index (χ4v) is 3.08. The van der Waals surface area contributed by atoms with Gasteiger partial charge in [0.1, 0.15) is 0 Å². The van der Waals surface area contributed by atoms with E-state index in [0.717, 1.165) is 30.0 Å². The molecule has 2 N–H and O–H groups in total. The van der Waals surface area contributed by atoms with Crippen molar-refractivity contribution in [3.8, 4) is 0 Å². The molecule has 2 aromatic rings. The lowest BCUT2D eigenvalue weighted by Gasteiger charge is -2.12. The maximum atomic E-state index is 11.9. The number of nitrogens with one attached hydrogen (secondary N) is 2. The van der Waals surface area contributed by atoms with E-state index in [1.54, 1.807) is 11.8 Å². The summed E-state index contributed by atoms with van der Waals surface area (Å²) in [6.07, 6.45) is 2.22. The van der Waals surface area contributed by atoms with Crippen LogP contribution in [0.5, 0.6) is 0 Å². The number of amides is 1. The van der Waals surface area contributed by atoms with Crippen molar-refractivity contribution < 1.29 is 4.79 Å². The molecule has 0 aliphatic heterocycles. The molecule has 142 valence electrons. The average Bonchev–Trinajstić information content (AvgIpc) is 2.61. The zero-order chi connectivity index (χ0) is 18.1. The van der Waals surface area contributed by atoms with E-state index in [1.807, 2.05) is 38.4 Å². The molecule has 0 radical (unpaired) electrons. The second kappa shape index (κ2) is 11.8. The van der Waals surface area contributed by atoms with Crippen LogP contribution in [0.25, 0.3) is 0 Å². The number of rotatable bonds is 9. The summed E-state index contributed by atoms with van der Waals surface area (Å²) in [5.74, 6) is -0.00391. The number of benzene rings is 2. The van der Waals surface area contributed by atoms with Crippen LogP contribution in [-0.2, 0) is 4.79 Å². The quantitative estimate of drug-likeness (QED) is 0.608. The first-order valence-electron chi connectivity index (χ1n) is 8.64. The first kappa shape index (κ1) is 22.4. The van der Waals surface area contributed by atoms with Gasteiger partial charge in [0.05, 0.1) is 6.54 Å². The van der Waals surface area contributed by atoms with Crippen LogP contribution in [0.1, 0.15) is 19.8 Å². The molecule has 0 aromatic heterocycles. The molecular formula is C20H28ClN3OS. The predicted molar refractivity (Wildman–Crippen MR) is 115 cm³/mol. The summed E-state index contributed by atoms with van der Waals surface area (Å²) in [6.45, 7) is 3.37. The lowest BCUT2D eigenvalue weighted by Crippen LogP contribution is -2.28. The van der Waals surface area contributed by atoms with Crippen LogP contribution in [0.4, 0.5) is 11.4 Å². The Morgan fingerprint density at radius 1 is 1.00 bits per heavy atom. The highest BCUT2D eigenvalue weighted by Crippen LogP contribution is 2.29. The lowest BCUT2D eigenvalue weighted by molar-refractivity contribution is -0.115. The minimum atomic E-state index is -0.00391. The third kappa shape index (κ3) is 7.68. The molecule has 0 bridgehead atoms. The summed E-state index contributed by atoms with van der Waals surface area (Å²) in [5, 5.41) is 6.06. The monoisotopic (exact) mass is 393 g/mol. The SMILES string of the molecule is CCCCNCC(=O)Nc1ccc(Sc2ccc(N(C)C)cc2)cc1.Cl. The smallest absolute Gasteiger partial charge is 0.238 e. The number of hydrogen-bond donors (Lipinski definition) is 2. The van der Waals surface area contributed by atoms with Crippen LogP contribution in [0.2, 0.25) is 0 Å². The maximum Gasteiger partial charge on any atom is 0.238 e. The van der Waals surface area contributed by atoms with Crippen LogP contribution in [-0.4, -0.2) is 33.1 Å². The van der Waals surface area contributed by atoms with Gasteiger partial charge < -0.3 is 15.5 Å². The highest BCUT2D eigenvalue weighted by Gasteiger charge is 2.03. The molecule has 0 aliphatic carbocycles. The summed E-state index contributed by atoms with van der Waals surface area (Å²) in [7, 11) is 4.07. The first-order valence-corrected chi connectivity index (χ1v) is 9.46. The van der Waals surface area contributed by atoms with Crippen LogP contribution < -0.4 is 15.5 Å². The van der Waals surface area contributed by atoms with Gasteiger partial charge in [0, 0.05) is 35.3 Å². The molecule has 0 saturated heterocycles. The highest BCUT2D eigenvalue weighted by molar-refractivity contribution is 7.99. The van der Waals surface area contributed by atoms with E-state index < -0.39 is 0 Å². The standard InChI is InChI=1S/C20H27N3OS.ClH/c1-4-5-14-21-15-20(24)22-16-6-10-18(11-7-16)25-19-12-8-17(9-13-19)23(2)3;/h6-13,21H,4-5,14-15H2,1-3H3,(H,22,24);1H. The van der Waals surface area contributed by atoms with Crippen molar-refractivity contribution in [3.63, 3.8) is 0 Å². The summed E-state index contributed by atoms with van der Waals surface area (Å²) in [5.41, 5.74) is 2.02. The molecule has 26 heavy (non-hydrogen) atoms. The number of anilines is 2. The van der Waals surface area contributed by atoms with Crippen molar-refractivity contribution in [1.29, 1.82) is 0 Å². The van der Waals surface area contributed by atoms with Crippen LogP contribution in [0.3, 0.4) is 0 Å². The molecular weight excluding hydrogens is 366 g/mol. The zero-order valence-electron chi connectivity index (χ0n) is 15.6. The summed E-state index contributed by atoms with van der Waals surface area (Å²) in [6, 6.07) is 16.4. The number of nitrogens with zero attached hydrogens (tertiary/aromatic N) is 1. The second-order valence-electron chi connectivity index (χ2n) is 6.09. The van der Waals surface area contributed by atoms with Gasteiger partial charge in [-0.25, -0.2) is 0 Å². The first-order chi connectivity index (χ1) is 12.1. The van der Waals surface area contributed by atoms with Gasteiger partial charge in [0.2, 0.25) is 5.91 Å². The Balaban J connectivity index is 0.00000338. The van der Waals surface area contributed by atoms with E-state index >= 15 is 0 Å².